The van der Waals surface area contributed by atoms with Crippen LogP contribution in [0.3, 0.4) is 0 Å². The minimum atomic E-state index is -0.377. The highest BCUT2D eigenvalue weighted by molar-refractivity contribution is 5.85. The van der Waals surface area contributed by atoms with Crippen LogP contribution in [0, 0.1) is 11.3 Å². The molecule has 0 aromatic rings. The lowest BCUT2D eigenvalue weighted by atomic mass is 9.86. The van der Waals surface area contributed by atoms with E-state index in [9.17, 15) is 4.79 Å². The fourth-order valence-corrected chi connectivity index (χ4v) is 3.08. The number of carbonyl (C=O) groups is 1. The third kappa shape index (κ3) is 5.59. The van der Waals surface area contributed by atoms with Gasteiger partial charge in [-0.2, -0.15) is 0 Å². The van der Waals surface area contributed by atoms with Crippen molar-refractivity contribution < 1.29 is 4.79 Å². The molecule has 1 unspecified atom stereocenters. The molecule has 2 aliphatic heterocycles. The molecule has 0 aromatic heterocycles. The molecule has 6 heteroatoms. The Bertz CT molecular complexity index is 327. The van der Waals surface area contributed by atoms with Crippen molar-refractivity contribution in [3.8, 4) is 0 Å². The number of carbonyl (C=O) groups excluding carboxylic acids is 1. The lowest BCUT2D eigenvalue weighted by Crippen LogP contribution is -2.49. The van der Waals surface area contributed by atoms with Crippen LogP contribution in [0.15, 0.2) is 0 Å². The van der Waals surface area contributed by atoms with Crippen LogP contribution in [-0.2, 0) is 4.79 Å². The van der Waals surface area contributed by atoms with Crippen LogP contribution in [0.5, 0.6) is 0 Å². The van der Waals surface area contributed by atoms with Gasteiger partial charge in [-0.25, -0.2) is 0 Å². The molecule has 0 bridgehead atoms. The predicted molar refractivity (Wildman–Crippen MR) is 92.3 cm³/mol. The molecule has 4 nitrogen and oxygen atoms in total. The van der Waals surface area contributed by atoms with E-state index in [0.29, 0.717) is 5.92 Å². The number of nitrogens with zero attached hydrogens (tertiary/aromatic N) is 2. The van der Waals surface area contributed by atoms with Crippen molar-refractivity contribution in [2.45, 2.75) is 46.1 Å². The van der Waals surface area contributed by atoms with Gasteiger partial charge in [0, 0.05) is 19.6 Å². The molecule has 126 valence electrons. The van der Waals surface area contributed by atoms with Gasteiger partial charge in [0.2, 0.25) is 5.91 Å². The Morgan fingerprint density at radius 2 is 1.76 bits per heavy atom. The summed E-state index contributed by atoms with van der Waals surface area (Å²) in [5.74, 6) is 0.783. The van der Waals surface area contributed by atoms with E-state index in [2.05, 4.69) is 4.90 Å². The van der Waals surface area contributed by atoms with E-state index < -0.39 is 0 Å². The molecule has 0 saturated carbocycles. The zero-order chi connectivity index (χ0) is 14.0. The van der Waals surface area contributed by atoms with Crippen LogP contribution < -0.4 is 5.73 Å². The number of hydrogen-bond donors (Lipinski definition) is 1. The first-order chi connectivity index (χ1) is 8.88. The zero-order valence-electron chi connectivity index (χ0n) is 13.5. The molecule has 0 aromatic carbocycles. The van der Waals surface area contributed by atoms with E-state index >= 15 is 0 Å². The molecule has 2 saturated heterocycles. The van der Waals surface area contributed by atoms with Crippen molar-refractivity contribution in [1.29, 1.82) is 0 Å². The summed E-state index contributed by atoms with van der Waals surface area (Å²) in [7, 11) is 0. The zero-order valence-corrected chi connectivity index (χ0v) is 15.1. The van der Waals surface area contributed by atoms with Crippen molar-refractivity contribution in [2.75, 3.05) is 32.7 Å². The van der Waals surface area contributed by atoms with Crippen LogP contribution in [0.2, 0.25) is 0 Å². The maximum absolute atomic E-state index is 12.4. The monoisotopic (exact) mass is 339 g/mol. The SMILES string of the molecule is CC(C)(C)[C@H](N)C(=O)N1CCC(CN2CCCC2)C1.Cl.Cl. The Morgan fingerprint density at radius 1 is 1.19 bits per heavy atom. The fraction of sp³-hybridized carbons (Fsp3) is 0.933. The number of amides is 1. The van der Waals surface area contributed by atoms with Crippen LogP contribution in [0.25, 0.3) is 0 Å². The summed E-state index contributed by atoms with van der Waals surface area (Å²) in [6.07, 6.45) is 3.81. The van der Waals surface area contributed by atoms with Crippen LogP contribution in [0.1, 0.15) is 40.0 Å². The van der Waals surface area contributed by atoms with Gasteiger partial charge in [-0.1, -0.05) is 20.8 Å². The molecular weight excluding hydrogens is 309 g/mol. The second-order valence-corrected chi connectivity index (χ2v) is 7.29. The topological polar surface area (TPSA) is 49.6 Å². The molecule has 0 aliphatic carbocycles. The predicted octanol–water partition coefficient (Wildman–Crippen LogP) is 2.15. The first kappa shape index (κ1) is 21.0. The van der Waals surface area contributed by atoms with Crippen molar-refractivity contribution >= 4 is 30.7 Å². The van der Waals surface area contributed by atoms with Crippen molar-refractivity contribution in [2.24, 2.45) is 17.1 Å². The molecule has 1 amide bonds. The maximum atomic E-state index is 12.4. The Morgan fingerprint density at radius 3 is 2.29 bits per heavy atom. The first-order valence-corrected chi connectivity index (χ1v) is 7.64. The molecule has 0 spiro atoms. The molecule has 2 aliphatic rings. The maximum Gasteiger partial charge on any atom is 0.240 e. The Hall–Kier alpha value is -0.0300. The van der Waals surface area contributed by atoms with E-state index in [0.717, 1.165) is 26.1 Å². The van der Waals surface area contributed by atoms with Gasteiger partial charge in [-0.05, 0) is 43.7 Å². The third-order valence-corrected chi connectivity index (χ3v) is 4.51. The molecule has 2 fully saturated rings. The lowest BCUT2D eigenvalue weighted by molar-refractivity contribution is -0.134. The van der Waals surface area contributed by atoms with Gasteiger partial charge in [0.15, 0.2) is 0 Å². The van der Waals surface area contributed by atoms with Crippen molar-refractivity contribution in [3.63, 3.8) is 0 Å². The molecule has 2 heterocycles. The van der Waals surface area contributed by atoms with Crippen molar-refractivity contribution in [1.82, 2.24) is 9.80 Å². The largest absolute Gasteiger partial charge is 0.341 e. The van der Waals surface area contributed by atoms with E-state index in [4.69, 9.17) is 5.73 Å². The van der Waals surface area contributed by atoms with Crippen LogP contribution in [-0.4, -0.2) is 54.5 Å². The summed E-state index contributed by atoms with van der Waals surface area (Å²) in [6.45, 7) is 11.5. The van der Waals surface area contributed by atoms with E-state index in [1.165, 1.54) is 25.9 Å². The molecule has 2 N–H and O–H groups in total. The Kier molecular flexibility index (Phi) is 8.55. The fourth-order valence-electron chi connectivity index (χ4n) is 3.08. The number of likely N-dealkylation sites (tertiary alicyclic amines) is 2. The van der Waals surface area contributed by atoms with Gasteiger partial charge in [0.05, 0.1) is 6.04 Å². The highest BCUT2D eigenvalue weighted by atomic mass is 35.5. The number of halogens is 2. The Labute approximate surface area is 141 Å². The molecule has 0 radical (unpaired) electrons. The van der Waals surface area contributed by atoms with Gasteiger partial charge in [0.25, 0.3) is 0 Å². The minimum absolute atomic E-state index is 0. The molecular formula is C15H31Cl2N3O. The number of hydrogen-bond acceptors (Lipinski definition) is 3. The molecule has 21 heavy (non-hydrogen) atoms. The summed E-state index contributed by atoms with van der Waals surface area (Å²) in [5.41, 5.74) is 5.93. The number of nitrogens with two attached hydrogens (primary N) is 1. The lowest BCUT2D eigenvalue weighted by Gasteiger charge is -2.30. The summed E-state index contributed by atoms with van der Waals surface area (Å²) in [5, 5.41) is 0. The van der Waals surface area contributed by atoms with Crippen LogP contribution >= 0.6 is 24.8 Å². The second-order valence-electron chi connectivity index (χ2n) is 7.29. The van der Waals surface area contributed by atoms with E-state index in [1.807, 2.05) is 25.7 Å². The standard InChI is InChI=1S/C15H29N3O.2ClH/c1-15(2,3)13(16)14(19)18-9-6-12(11-18)10-17-7-4-5-8-17;;/h12-13H,4-11,16H2,1-3H3;2*1H/t12?,13-;;/m1../s1. The summed E-state index contributed by atoms with van der Waals surface area (Å²) >= 11 is 0. The van der Waals surface area contributed by atoms with Crippen molar-refractivity contribution in [3.05, 3.63) is 0 Å². The summed E-state index contributed by atoms with van der Waals surface area (Å²) in [6, 6.07) is -0.377. The third-order valence-electron chi connectivity index (χ3n) is 4.51. The first-order valence-electron chi connectivity index (χ1n) is 7.64. The van der Waals surface area contributed by atoms with Crippen LogP contribution in [0.4, 0.5) is 0 Å². The normalized spacial score (nSPS) is 24.4. The molecule has 2 rings (SSSR count). The summed E-state index contributed by atoms with van der Waals surface area (Å²) in [4.78, 5) is 16.9. The van der Waals surface area contributed by atoms with E-state index in [-0.39, 0.29) is 42.2 Å². The second kappa shape index (κ2) is 8.56. The summed E-state index contributed by atoms with van der Waals surface area (Å²) < 4.78 is 0. The quantitative estimate of drug-likeness (QED) is 0.856. The van der Waals surface area contributed by atoms with Gasteiger partial charge in [-0.3, -0.25) is 4.79 Å². The van der Waals surface area contributed by atoms with Gasteiger partial charge in [0.1, 0.15) is 0 Å². The molecule has 2 atom stereocenters. The number of rotatable bonds is 3. The average molecular weight is 340 g/mol. The average Bonchev–Trinajstić information content (AvgIpc) is 2.98. The highest BCUT2D eigenvalue weighted by Crippen LogP contribution is 2.24. The van der Waals surface area contributed by atoms with Gasteiger partial charge < -0.3 is 15.5 Å². The smallest absolute Gasteiger partial charge is 0.240 e. The minimum Gasteiger partial charge on any atom is -0.341 e. The Balaban J connectivity index is 0.00000200. The highest BCUT2D eigenvalue weighted by Gasteiger charge is 2.35. The van der Waals surface area contributed by atoms with E-state index in [1.54, 1.807) is 0 Å². The van der Waals surface area contributed by atoms with Gasteiger partial charge >= 0.3 is 0 Å². The van der Waals surface area contributed by atoms with Gasteiger partial charge in [-0.15, -0.1) is 24.8 Å².